The summed E-state index contributed by atoms with van der Waals surface area (Å²) in [5, 5.41) is 8.53. The molecule has 3 heterocycles. The van der Waals surface area contributed by atoms with Crippen LogP contribution in [0.1, 0.15) is 13.8 Å². The van der Waals surface area contributed by atoms with Gasteiger partial charge in [-0.3, -0.25) is 4.57 Å². The van der Waals surface area contributed by atoms with Gasteiger partial charge >= 0.3 is 0 Å². The molecule has 170 valence electrons. The fourth-order valence-electron chi connectivity index (χ4n) is 3.54. The highest BCUT2D eigenvalue weighted by molar-refractivity contribution is 7.89. The van der Waals surface area contributed by atoms with Gasteiger partial charge in [0.05, 0.1) is 13.2 Å². The van der Waals surface area contributed by atoms with E-state index >= 15 is 0 Å². The second-order valence-corrected chi connectivity index (χ2v) is 8.99. The molecule has 0 unspecified atom stereocenters. The van der Waals surface area contributed by atoms with Crippen LogP contribution in [0.4, 0.5) is 5.82 Å². The van der Waals surface area contributed by atoms with E-state index in [0.29, 0.717) is 62.5 Å². The lowest BCUT2D eigenvalue weighted by molar-refractivity contribution is 0.314. The summed E-state index contributed by atoms with van der Waals surface area (Å²) in [6.07, 6.45) is 5.13. The van der Waals surface area contributed by atoms with E-state index in [1.54, 1.807) is 41.5 Å². The number of sulfonamides is 1. The summed E-state index contributed by atoms with van der Waals surface area (Å²) in [6, 6.07) is 8.59. The van der Waals surface area contributed by atoms with Gasteiger partial charge in [0, 0.05) is 44.6 Å². The zero-order chi connectivity index (χ0) is 22.6. The number of nitrogens with zero attached hydrogens (tertiary/aromatic N) is 6. The van der Waals surface area contributed by atoms with E-state index in [0.717, 1.165) is 0 Å². The van der Waals surface area contributed by atoms with Gasteiger partial charge < -0.3 is 14.4 Å². The number of benzene rings is 1. The maximum atomic E-state index is 13.3. The Balaban J connectivity index is 1.46. The quantitative estimate of drug-likeness (QED) is 0.505. The number of anilines is 1. The van der Waals surface area contributed by atoms with Gasteiger partial charge in [-0.1, -0.05) is 0 Å². The van der Waals surface area contributed by atoms with E-state index in [-0.39, 0.29) is 4.90 Å². The molecular formula is C21H26N6O4S. The van der Waals surface area contributed by atoms with Gasteiger partial charge in [0.25, 0.3) is 0 Å². The van der Waals surface area contributed by atoms with Crippen molar-refractivity contribution in [3.05, 3.63) is 49.1 Å². The average Bonchev–Trinajstić information content (AvgIpc) is 3.35. The number of piperazine rings is 1. The highest BCUT2D eigenvalue weighted by Gasteiger charge is 2.31. The molecule has 10 nitrogen and oxygen atoms in total. The second kappa shape index (κ2) is 9.53. The number of aromatic nitrogens is 4. The molecule has 0 aliphatic carbocycles. The summed E-state index contributed by atoms with van der Waals surface area (Å²) in [4.78, 5) is 6.18. The molecule has 0 bridgehead atoms. The Kier molecular flexibility index (Phi) is 6.56. The number of hydrogen-bond donors (Lipinski definition) is 0. The number of rotatable bonds is 8. The molecule has 0 spiro atoms. The molecule has 1 aromatic carbocycles. The fraction of sp³-hybridized carbons (Fsp3) is 0.381. The summed E-state index contributed by atoms with van der Waals surface area (Å²) < 4.78 is 41.0. The molecule has 0 saturated carbocycles. The third kappa shape index (κ3) is 4.53. The largest absolute Gasteiger partial charge is 0.494 e. The number of hydrogen-bond acceptors (Lipinski definition) is 8. The minimum absolute atomic E-state index is 0.153. The Labute approximate surface area is 187 Å². The molecule has 1 fully saturated rings. The second-order valence-electron chi connectivity index (χ2n) is 7.09. The fourth-order valence-corrected chi connectivity index (χ4v) is 5.08. The molecule has 2 aromatic heterocycles. The molecule has 0 N–H and O–H groups in total. The van der Waals surface area contributed by atoms with E-state index in [2.05, 4.69) is 15.2 Å². The number of imidazole rings is 1. The minimum Gasteiger partial charge on any atom is -0.494 e. The Morgan fingerprint density at radius 1 is 0.938 bits per heavy atom. The first-order valence-electron chi connectivity index (χ1n) is 10.5. The summed E-state index contributed by atoms with van der Waals surface area (Å²) >= 11 is 0. The van der Waals surface area contributed by atoms with Crippen LogP contribution in [-0.4, -0.2) is 71.9 Å². The van der Waals surface area contributed by atoms with Crippen LogP contribution in [0.3, 0.4) is 0 Å². The molecule has 1 aliphatic heterocycles. The molecule has 1 saturated heterocycles. The van der Waals surface area contributed by atoms with Crippen molar-refractivity contribution in [2.45, 2.75) is 18.7 Å². The Morgan fingerprint density at radius 2 is 1.66 bits per heavy atom. The van der Waals surface area contributed by atoms with Gasteiger partial charge in [-0.05, 0) is 38.1 Å². The maximum absolute atomic E-state index is 13.3. The zero-order valence-electron chi connectivity index (χ0n) is 18.1. The predicted molar refractivity (Wildman–Crippen MR) is 119 cm³/mol. The van der Waals surface area contributed by atoms with Crippen molar-refractivity contribution in [2.75, 3.05) is 44.3 Å². The zero-order valence-corrected chi connectivity index (χ0v) is 18.9. The van der Waals surface area contributed by atoms with Gasteiger partial charge in [0.2, 0.25) is 10.0 Å². The van der Waals surface area contributed by atoms with Gasteiger partial charge in [0.15, 0.2) is 11.6 Å². The van der Waals surface area contributed by atoms with Crippen molar-refractivity contribution in [3.63, 3.8) is 0 Å². The van der Waals surface area contributed by atoms with Crippen LogP contribution in [-0.2, 0) is 10.0 Å². The molecule has 11 heteroatoms. The lowest BCUT2D eigenvalue weighted by Crippen LogP contribution is -2.49. The average molecular weight is 459 g/mol. The lowest BCUT2D eigenvalue weighted by Gasteiger charge is -2.34. The summed E-state index contributed by atoms with van der Waals surface area (Å²) in [5.41, 5.74) is 0. The van der Waals surface area contributed by atoms with Crippen LogP contribution < -0.4 is 14.4 Å². The van der Waals surface area contributed by atoms with Crippen molar-refractivity contribution in [1.82, 2.24) is 24.1 Å². The minimum atomic E-state index is -3.71. The monoisotopic (exact) mass is 458 g/mol. The molecule has 4 rings (SSSR count). The van der Waals surface area contributed by atoms with Gasteiger partial charge in [-0.2, -0.15) is 4.31 Å². The summed E-state index contributed by atoms with van der Waals surface area (Å²) in [7, 11) is -3.71. The standard InChI is InChI=1S/C21H26N6O4S/c1-3-30-17-5-6-19(18(15-17)31-4-2)32(28,29)27-13-11-25(12-14-27)20-7-8-21(24-23-20)26-10-9-22-16-26/h5-10,15-16H,3-4,11-14H2,1-2H3. The van der Waals surface area contributed by atoms with Crippen LogP contribution in [0.15, 0.2) is 53.9 Å². The van der Waals surface area contributed by atoms with Gasteiger partial charge in [-0.15, -0.1) is 10.2 Å². The van der Waals surface area contributed by atoms with Crippen molar-refractivity contribution >= 4 is 15.8 Å². The van der Waals surface area contributed by atoms with Gasteiger partial charge in [0.1, 0.15) is 22.7 Å². The predicted octanol–water partition coefficient (Wildman–Crippen LogP) is 1.97. The first-order chi connectivity index (χ1) is 15.5. The maximum Gasteiger partial charge on any atom is 0.246 e. The molecule has 1 aliphatic rings. The van der Waals surface area contributed by atoms with Crippen molar-refractivity contribution < 1.29 is 17.9 Å². The SMILES string of the molecule is CCOc1ccc(S(=O)(=O)N2CCN(c3ccc(-n4ccnc4)nn3)CC2)c(OCC)c1. The molecular weight excluding hydrogens is 432 g/mol. The van der Waals surface area contributed by atoms with Crippen molar-refractivity contribution in [3.8, 4) is 17.3 Å². The summed E-state index contributed by atoms with van der Waals surface area (Å²) in [6.45, 7) is 6.25. The highest BCUT2D eigenvalue weighted by Crippen LogP contribution is 2.31. The van der Waals surface area contributed by atoms with E-state index in [9.17, 15) is 8.42 Å². The van der Waals surface area contributed by atoms with E-state index in [4.69, 9.17) is 9.47 Å². The Bertz CT molecular complexity index is 1130. The molecule has 0 radical (unpaired) electrons. The third-order valence-corrected chi connectivity index (χ3v) is 7.05. The topological polar surface area (TPSA) is 103 Å². The molecule has 0 amide bonds. The Morgan fingerprint density at radius 3 is 2.28 bits per heavy atom. The molecule has 0 atom stereocenters. The van der Waals surface area contributed by atoms with E-state index in [1.807, 2.05) is 30.9 Å². The molecule has 3 aromatic rings. The first kappa shape index (κ1) is 22.0. The van der Waals surface area contributed by atoms with Crippen LogP contribution >= 0.6 is 0 Å². The summed E-state index contributed by atoms with van der Waals surface area (Å²) in [5.74, 6) is 2.27. The smallest absolute Gasteiger partial charge is 0.246 e. The first-order valence-corrected chi connectivity index (χ1v) is 11.9. The highest BCUT2D eigenvalue weighted by atomic mass is 32.2. The van der Waals surface area contributed by atoms with Crippen molar-refractivity contribution in [1.29, 1.82) is 0 Å². The Hall–Kier alpha value is -3.18. The molecule has 32 heavy (non-hydrogen) atoms. The third-order valence-electron chi connectivity index (χ3n) is 5.11. The lowest BCUT2D eigenvalue weighted by atomic mass is 10.3. The van der Waals surface area contributed by atoms with Crippen LogP contribution in [0.2, 0.25) is 0 Å². The van der Waals surface area contributed by atoms with Gasteiger partial charge in [-0.25, -0.2) is 13.4 Å². The normalized spacial score (nSPS) is 15.0. The number of ether oxygens (including phenoxy) is 2. The van der Waals surface area contributed by atoms with Crippen LogP contribution in [0.25, 0.3) is 5.82 Å². The van der Waals surface area contributed by atoms with E-state index in [1.165, 1.54) is 4.31 Å². The van der Waals surface area contributed by atoms with Crippen LogP contribution in [0, 0.1) is 0 Å². The van der Waals surface area contributed by atoms with E-state index < -0.39 is 10.0 Å². The van der Waals surface area contributed by atoms with Crippen molar-refractivity contribution in [2.24, 2.45) is 0 Å². The van der Waals surface area contributed by atoms with Crippen LogP contribution in [0.5, 0.6) is 11.5 Å².